The number of carbonyl (C=O) groups excluding carboxylic acids is 1. The van der Waals surface area contributed by atoms with Crippen LogP contribution in [0.3, 0.4) is 0 Å². The summed E-state index contributed by atoms with van der Waals surface area (Å²) in [4.78, 5) is 14.3. The first-order valence-corrected chi connectivity index (χ1v) is 8.14. The second kappa shape index (κ2) is 5.32. The highest BCUT2D eigenvalue weighted by molar-refractivity contribution is 5.80. The Morgan fingerprint density at radius 2 is 1.65 bits per heavy atom. The summed E-state index contributed by atoms with van der Waals surface area (Å²) in [6, 6.07) is 0. The van der Waals surface area contributed by atoms with Crippen molar-refractivity contribution >= 4 is 5.91 Å². The highest BCUT2D eigenvalue weighted by Gasteiger charge is 2.47. The van der Waals surface area contributed by atoms with Crippen LogP contribution < -0.4 is 0 Å². The van der Waals surface area contributed by atoms with Crippen LogP contribution in [0.15, 0.2) is 0 Å². The van der Waals surface area contributed by atoms with Crippen molar-refractivity contribution in [2.24, 2.45) is 23.2 Å². The van der Waals surface area contributed by atoms with Gasteiger partial charge >= 0.3 is 0 Å². The van der Waals surface area contributed by atoms with Gasteiger partial charge in [-0.25, -0.2) is 0 Å². The number of aliphatic hydroxyl groups is 1. The Kier molecular flexibility index (Phi) is 4.21. The molecule has 2 aliphatic rings. The number of hydrogen-bond donors (Lipinski definition) is 1. The van der Waals surface area contributed by atoms with Crippen molar-refractivity contribution in [1.29, 1.82) is 0 Å². The number of carbonyl (C=O) groups is 1. The van der Waals surface area contributed by atoms with E-state index in [9.17, 15) is 9.90 Å². The summed E-state index contributed by atoms with van der Waals surface area (Å²) >= 11 is 0. The lowest BCUT2D eigenvalue weighted by Crippen LogP contribution is -2.66. The first-order chi connectivity index (χ1) is 9.13. The number of hydrogen-bond acceptors (Lipinski definition) is 2. The van der Waals surface area contributed by atoms with Crippen LogP contribution >= 0.6 is 0 Å². The molecule has 1 saturated heterocycles. The van der Waals surface area contributed by atoms with Gasteiger partial charge in [0.05, 0.1) is 13.1 Å². The van der Waals surface area contributed by atoms with Gasteiger partial charge in [0.25, 0.3) is 0 Å². The molecule has 3 nitrogen and oxygen atoms in total. The molecule has 0 atom stereocenters. The van der Waals surface area contributed by atoms with Crippen molar-refractivity contribution in [3.05, 3.63) is 0 Å². The normalized spacial score (nSPS) is 30.2. The molecule has 0 aromatic heterocycles. The van der Waals surface area contributed by atoms with Gasteiger partial charge in [0.1, 0.15) is 5.60 Å². The summed E-state index contributed by atoms with van der Waals surface area (Å²) in [5.41, 5.74) is -0.277. The molecule has 3 heteroatoms. The number of rotatable bonds is 2. The lowest BCUT2D eigenvalue weighted by molar-refractivity contribution is -0.169. The van der Waals surface area contributed by atoms with Crippen LogP contribution in [-0.4, -0.2) is 34.6 Å². The Hall–Kier alpha value is -0.570. The monoisotopic (exact) mass is 281 g/mol. The molecule has 0 radical (unpaired) electrons. The number of β-amino-alcohol motifs (C(OH)–C–C–N with tert-alkyl or cyclic N) is 1. The van der Waals surface area contributed by atoms with Crippen LogP contribution in [0.5, 0.6) is 0 Å². The second-order valence-corrected chi connectivity index (χ2v) is 8.37. The molecule has 0 bridgehead atoms. The second-order valence-electron chi connectivity index (χ2n) is 8.37. The molecule has 20 heavy (non-hydrogen) atoms. The third kappa shape index (κ3) is 3.03. The van der Waals surface area contributed by atoms with Crippen molar-refractivity contribution < 1.29 is 9.90 Å². The zero-order valence-electron chi connectivity index (χ0n) is 13.8. The largest absolute Gasteiger partial charge is 0.386 e. The summed E-state index contributed by atoms with van der Waals surface area (Å²) in [5.74, 6) is 1.45. The van der Waals surface area contributed by atoms with Crippen LogP contribution in [0.4, 0.5) is 0 Å². The lowest BCUT2D eigenvalue weighted by Gasteiger charge is -2.50. The van der Waals surface area contributed by atoms with E-state index in [2.05, 4.69) is 20.8 Å². The van der Waals surface area contributed by atoms with Crippen molar-refractivity contribution in [3.63, 3.8) is 0 Å². The molecule has 1 heterocycles. The quantitative estimate of drug-likeness (QED) is 0.845. The Morgan fingerprint density at radius 1 is 1.15 bits per heavy atom. The van der Waals surface area contributed by atoms with E-state index in [-0.39, 0.29) is 17.7 Å². The van der Waals surface area contributed by atoms with Gasteiger partial charge in [0, 0.05) is 5.92 Å². The van der Waals surface area contributed by atoms with Crippen molar-refractivity contribution in [2.75, 3.05) is 13.1 Å². The van der Waals surface area contributed by atoms with Gasteiger partial charge in [0.2, 0.25) is 5.91 Å². The van der Waals surface area contributed by atoms with Gasteiger partial charge in [-0.05, 0) is 42.9 Å². The Morgan fingerprint density at radius 3 is 2.05 bits per heavy atom. The molecule has 1 aliphatic carbocycles. The molecule has 1 amide bonds. The first kappa shape index (κ1) is 15.8. The zero-order chi connectivity index (χ0) is 15.1. The lowest BCUT2D eigenvalue weighted by atomic mass is 9.69. The maximum Gasteiger partial charge on any atom is 0.225 e. The van der Waals surface area contributed by atoms with Crippen LogP contribution in [-0.2, 0) is 4.79 Å². The first-order valence-electron chi connectivity index (χ1n) is 8.14. The molecule has 2 rings (SSSR count). The fraction of sp³-hybridized carbons (Fsp3) is 0.941. The highest BCUT2D eigenvalue weighted by Crippen LogP contribution is 2.41. The van der Waals surface area contributed by atoms with E-state index in [1.54, 1.807) is 0 Å². The molecule has 0 spiro atoms. The van der Waals surface area contributed by atoms with Gasteiger partial charge in [-0.2, -0.15) is 0 Å². The van der Waals surface area contributed by atoms with E-state index < -0.39 is 5.60 Å². The third-order valence-corrected chi connectivity index (χ3v) is 5.62. The molecular formula is C17H31NO2. The minimum atomic E-state index is -0.641. The van der Waals surface area contributed by atoms with Crippen molar-refractivity contribution in [3.8, 4) is 0 Å². The van der Waals surface area contributed by atoms with Gasteiger partial charge in [-0.15, -0.1) is 0 Å². The van der Waals surface area contributed by atoms with Gasteiger partial charge in [0.15, 0.2) is 0 Å². The minimum Gasteiger partial charge on any atom is -0.386 e. The summed E-state index contributed by atoms with van der Waals surface area (Å²) in [6.07, 6.45) is 4.39. The van der Waals surface area contributed by atoms with Gasteiger partial charge in [-0.1, -0.05) is 34.6 Å². The summed E-state index contributed by atoms with van der Waals surface area (Å²) < 4.78 is 0. The molecule has 1 saturated carbocycles. The van der Waals surface area contributed by atoms with Crippen molar-refractivity contribution in [1.82, 2.24) is 4.90 Å². The maximum absolute atomic E-state index is 12.5. The van der Waals surface area contributed by atoms with Crippen molar-refractivity contribution in [2.45, 2.75) is 65.9 Å². The molecule has 1 N–H and O–H groups in total. The number of amides is 1. The topological polar surface area (TPSA) is 40.5 Å². The SMILES string of the molecule is CC(C)C1(O)CN(C(=O)C2CCC(C(C)(C)C)CC2)C1. The average Bonchev–Trinajstić information content (AvgIpc) is 2.33. The van der Waals surface area contributed by atoms with Crippen LogP contribution in [0.25, 0.3) is 0 Å². The molecule has 1 aliphatic heterocycles. The standard InChI is InChI=1S/C17H31NO2/c1-12(2)17(20)10-18(11-17)15(19)13-6-8-14(9-7-13)16(3,4)5/h12-14,20H,6-11H2,1-5H3. The molecule has 0 aromatic rings. The zero-order valence-corrected chi connectivity index (χ0v) is 13.8. The molecule has 2 fully saturated rings. The molecular weight excluding hydrogens is 250 g/mol. The minimum absolute atomic E-state index is 0.199. The van der Waals surface area contributed by atoms with E-state index in [4.69, 9.17) is 0 Å². The Balaban J connectivity index is 1.82. The van der Waals surface area contributed by atoms with E-state index in [1.807, 2.05) is 18.7 Å². The smallest absolute Gasteiger partial charge is 0.225 e. The maximum atomic E-state index is 12.5. The van der Waals surface area contributed by atoms with Gasteiger partial charge < -0.3 is 10.0 Å². The Bertz CT molecular complexity index is 356. The predicted molar refractivity (Wildman–Crippen MR) is 81.3 cm³/mol. The fourth-order valence-electron chi connectivity index (χ4n) is 3.60. The van der Waals surface area contributed by atoms with E-state index in [0.29, 0.717) is 18.5 Å². The van der Waals surface area contributed by atoms with Crippen LogP contribution in [0.2, 0.25) is 0 Å². The fourth-order valence-corrected chi connectivity index (χ4v) is 3.60. The van der Waals surface area contributed by atoms with Gasteiger partial charge in [-0.3, -0.25) is 4.79 Å². The average molecular weight is 281 g/mol. The Labute approximate surface area is 123 Å². The molecule has 0 aromatic carbocycles. The van der Waals surface area contributed by atoms with E-state index in [0.717, 1.165) is 18.8 Å². The molecule has 116 valence electrons. The summed E-state index contributed by atoms with van der Waals surface area (Å²) in [7, 11) is 0. The summed E-state index contributed by atoms with van der Waals surface area (Å²) in [6.45, 7) is 12.0. The van der Waals surface area contributed by atoms with Crippen LogP contribution in [0.1, 0.15) is 60.3 Å². The van der Waals surface area contributed by atoms with E-state index >= 15 is 0 Å². The van der Waals surface area contributed by atoms with Crippen LogP contribution in [0, 0.1) is 23.2 Å². The highest BCUT2D eigenvalue weighted by atomic mass is 16.3. The predicted octanol–water partition coefficient (Wildman–Crippen LogP) is 3.07. The number of nitrogens with zero attached hydrogens (tertiary/aromatic N) is 1. The summed E-state index contributed by atoms with van der Waals surface area (Å²) in [5, 5.41) is 10.3. The third-order valence-electron chi connectivity index (χ3n) is 5.62. The molecule has 0 unspecified atom stereocenters. The van der Waals surface area contributed by atoms with E-state index in [1.165, 1.54) is 12.8 Å². The number of likely N-dealkylation sites (tertiary alicyclic amines) is 1.